The van der Waals surface area contributed by atoms with Crippen LogP contribution in [0.2, 0.25) is 0 Å². The number of ether oxygens (including phenoxy) is 3. The van der Waals surface area contributed by atoms with Gasteiger partial charge in [-0.15, -0.1) is 0 Å². The van der Waals surface area contributed by atoms with E-state index in [-0.39, 0.29) is 23.5 Å². The third-order valence-electron chi connectivity index (χ3n) is 4.71. The Morgan fingerprint density at radius 3 is 2.45 bits per heavy atom. The average molecular weight is 396 g/mol. The summed E-state index contributed by atoms with van der Waals surface area (Å²) in [6.07, 6.45) is 0.539. The van der Waals surface area contributed by atoms with E-state index in [0.29, 0.717) is 28.6 Å². The Kier molecular flexibility index (Phi) is 5.68. The van der Waals surface area contributed by atoms with Gasteiger partial charge in [0.25, 0.3) is 0 Å². The van der Waals surface area contributed by atoms with Crippen molar-refractivity contribution in [2.45, 2.75) is 20.5 Å². The summed E-state index contributed by atoms with van der Waals surface area (Å²) in [4.78, 5) is 36.1. The number of carbonyl (C=O) groups excluding carboxylic acids is 2. The topological polar surface area (TPSA) is 92.0 Å². The standard InChI is InChI=1S/C22H20O7/c1-12-7-16-15(9-19(24)29-18(16)8-13(12)2)11-28-22(25)20-14(10-23)5-6-17(26-3)21(20)27-4/h5-10H,11H2,1-4H3. The molecule has 0 atom stereocenters. The average Bonchev–Trinajstić information content (AvgIpc) is 2.71. The summed E-state index contributed by atoms with van der Waals surface area (Å²) in [7, 11) is 2.79. The summed E-state index contributed by atoms with van der Waals surface area (Å²) in [6, 6.07) is 7.91. The lowest BCUT2D eigenvalue weighted by atomic mass is 10.0. The first kappa shape index (κ1) is 20.1. The van der Waals surface area contributed by atoms with Gasteiger partial charge in [0.2, 0.25) is 0 Å². The number of carbonyl (C=O) groups is 2. The molecule has 0 aliphatic heterocycles. The molecule has 0 saturated carbocycles. The molecule has 3 aromatic rings. The van der Waals surface area contributed by atoms with Crippen LogP contribution in [0.15, 0.2) is 39.5 Å². The van der Waals surface area contributed by atoms with Crippen molar-refractivity contribution in [3.05, 3.63) is 68.6 Å². The van der Waals surface area contributed by atoms with Gasteiger partial charge in [-0.2, -0.15) is 0 Å². The molecule has 0 unspecified atom stereocenters. The Morgan fingerprint density at radius 2 is 1.79 bits per heavy atom. The molecular weight excluding hydrogens is 376 g/mol. The third kappa shape index (κ3) is 3.85. The van der Waals surface area contributed by atoms with Crippen molar-refractivity contribution < 1.29 is 28.2 Å². The highest BCUT2D eigenvalue weighted by Crippen LogP contribution is 2.33. The fraction of sp³-hybridized carbons (Fsp3) is 0.227. The van der Waals surface area contributed by atoms with E-state index in [9.17, 15) is 14.4 Å². The van der Waals surface area contributed by atoms with Crippen LogP contribution < -0.4 is 15.1 Å². The molecule has 0 fully saturated rings. The maximum atomic E-state index is 12.8. The Bertz CT molecular complexity index is 1160. The summed E-state index contributed by atoms with van der Waals surface area (Å²) in [6.45, 7) is 3.67. The summed E-state index contributed by atoms with van der Waals surface area (Å²) < 4.78 is 21.1. The van der Waals surface area contributed by atoms with Crippen LogP contribution in [-0.4, -0.2) is 26.5 Å². The Labute approximate surface area is 166 Å². The molecular formula is C22H20O7. The zero-order valence-electron chi connectivity index (χ0n) is 16.5. The van der Waals surface area contributed by atoms with Crippen LogP contribution in [0.5, 0.6) is 11.5 Å². The fourth-order valence-electron chi connectivity index (χ4n) is 3.07. The number of fused-ring (bicyclic) bond motifs is 1. The van der Waals surface area contributed by atoms with Gasteiger partial charge in [0.1, 0.15) is 17.8 Å². The molecule has 3 rings (SSSR count). The number of hydrogen-bond acceptors (Lipinski definition) is 7. The lowest BCUT2D eigenvalue weighted by molar-refractivity contribution is 0.0467. The predicted molar refractivity (Wildman–Crippen MR) is 106 cm³/mol. The largest absolute Gasteiger partial charge is 0.493 e. The minimum absolute atomic E-state index is 0.0406. The molecule has 2 aromatic carbocycles. The van der Waals surface area contributed by atoms with Crippen LogP contribution in [0.3, 0.4) is 0 Å². The second-order valence-electron chi connectivity index (χ2n) is 6.48. The lowest BCUT2D eigenvalue weighted by Crippen LogP contribution is -2.12. The van der Waals surface area contributed by atoms with E-state index in [2.05, 4.69) is 0 Å². The number of aldehydes is 1. The molecule has 0 aliphatic rings. The second kappa shape index (κ2) is 8.18. The second-order valence-corrected chi connectivity index (χ2v) is 6.48. The number of esters is 1. The van der Waals surface area contributed by atoms with Crippen molar-refractivity contribution >= 4 is 23.2 Å². The zero-order chi connectivity index (χ0) is 21.1. The highest BCUT2D eigenvalue weighted by atomic mass is 16.5. The molecule has 7 nitrogen and oxygen atoms in total. The van der Waals surface area contributed by atoms with Crippen LogP contribution in [0.4, 0.5) is 0 Å². The number of aryl methyl sites for hydroxylation is 2. The molecule has 0 bridgehead atoms. The maximum Gasteiger partial charge on any atom is 0.343 e. The zero-order valence-corrected chi connectivity index (χ0v) is 16.5. The summed E-state index contributed by atoms with van der Waals surface area (Å²) in [5.74, 6) is -0.374. The summed E-state index contributed by atoms with van der Waals surface area (Å²) in [5.41, 5.74) is 2.43. The monoisotopic (exact) mass is 396 g/mol. The highest BCUT2D eigenvalue weighted by Gasteiger charge is 2.23. The van der Waals surface area contributed by atoms with E-state index in [1.165, 1.54) is 32.4 Å². The van der Waals surface area contributed by atoms with Gasteiger partial charge in [-0.25, -0.2) is 9.59 Å². The first-order chi connectivity index (χ1) is 13.9. The molecule has 150 valence electrons. The minimum atomic E-state index is -0.770. The van der Waals surface area contributed by atoms with E-state index in [4.69, 9.17) is 18.6 Å². The number of hydrogen-bond donors (Lipinski definition) is 0. The van der Waals surface area contributed by atoms with Gasteiger partial charge in [-0.1, -0.05) is 0 Å². The van der Waals surface area contributed by atoms with Gasteiger partial charge in [-0.3, -0.25) is 4.79 Å². The smallest absolute Gasteiger partial charge is 0.343 e. The van der Waals surface area contributed by atoms with Crippen molar-refractivity contribution in [2.24, 2.45) is 0 Å². The van der Waals surface area contributed by atoms with Gasteiger partial charge in [0, 0.05) is 22.6 Å². The molecule has 0 amide bonds. The maximum absolute atomic E-state index is 12.8. The van der Waals surface area contributed by atoms with Crippen molar-refractivity contribution in [1.29, 1.82) is 0 Å². The Morgan fingerprint density at radius 1 is 1.07 bits per heavy atom. The van der Waals surface area contributed by atoms with Crippen LogP contribution in [0, 0.1) is 13.8 Å². The van der Waals surface area contributed by atoms with Gasteiger partial charge in [-0.05, 0) is 49.2 Å². The van der Waals surface area contributed by atoms with E-state index in [1.807, 2.05) is 19.9 Å². The van der Waals surface area contributed by atoms with Crippen LogP contribution in [-0.2, 0) is 11.3 Å². The molecule has 0 N–H and O–H groups in total. The number of methoxy groups -OCH3 is 2. The van der Waals surface area contributed by atoms with Gasteiger partial charge in [0.05, 0.1) is 14.2 Å². The fourth-order valence-corrected chi connectivity index (χ4v) is 3.07. The van der Waals surface area contributed by atoms with E-state index in [0.717, 1.165) is 11.1 Å². The molecule has 0 spiro atoms. The quantitative estimate of drug-likeness (QED) is 0.357. The van der Waals surface area contributed by atoms with Crippen molar-refractivity contribution in [3.63, 3.8) is 0 Å². The van der Waals surface area contributed by atoms with Crippen molar-refractivity contribution in [1.82, 2.24) is 0 Å². The lowest BCUT2D eigenvalue weighted by Gasteiger charge is -2.14. The first-order valence-electron chi connectivity index (χ1n) is 8.80. The van der Waals surface area contributed by atoms with Gasteiger partial charge >= 0.3 is 11.6 Å². The third-order valence-corrected chi connectivity index (χ3v) is 4.71. The molecule has 0 aliphatic carbocycles. The Balaban J connectivity index is 1.99. The molecule has 0 radical (unpaired) electrons. The van der Waals surface area contributed by atoms with Gasteiger partial charge < -0.3 is 18.6 Å². The van der Waals surface area contributed by atoms with Crippen LogP contribution in [0.1, 0.15) is 37.4 Å². The highest BCUT2D eigenvalue weighted by molar-refractivity contribution is 6.01. The first-order valence-corrected chi connectivity index (χ1v) is 8.80. The SMILES string of the molecule is COc1ccc(C=O)c(C(=O)OCc2cc(=O)oc3cc(C)c(C)cc23)c1OC. The Hall–Kier alpha value is -3.61. The molecule has 0 saturated heterocycles. The predicted octanol–water partition coefficient (Wildman–Crippen LogP) is 3.60. The summed E-state index contributed by atoms with van der Waals surface area (Å²) in [5, 5.41) is 0.675. The minimum Gasteiger partial charge on any atom is -0.493 e. The molecule has 29 heavy (non-hydrogen) atoms. The van der Waals surface area contributed by atoms with E-state index >= 15 is 0 Å². The van der Waals surface area contributed by atoms with Gasteiger partial charge in [0.15, 0.2) is 17.8 Å². The van der Waals surface area contributed by atoms with Crippen LogP contribution >= 0.6 is 0 Å². The molecule has 1 aromatic heterocycles. The molecule has 1 heterocycles. The van der Waals surface area contributed by atoms with Crippen molar-refractivity contribution in [2.75, 3.05) is 14.2 Å². The molecule has 7 heteroatoms. The van der Waals surface area contributed by atoms with E-state index in [1.54, 1.807) is 6.07 Å². The van der Waals surface area contributed by atoms with Crippen LogP contribution in [0.25, 0.3) is 11.0 Å². The normalized spacial score (nSPS) is 10.6. The number of rotatable bonds is 6. The van der Waals surface area contributed by atoms with Crippen molar-refractivity contribution in [3.8, 4) is 11.5 Å². The summed E-state index contributed by atoms with van der Waals surface area (Å²) >= 11 is 0. The van der Waals surface area contributed by atoms with E-state index < -0.39 is 11.6 Å². The number of benzene rings is 2.